The summed E-state index contributed by atoms with van der Waals surface area (Å²) in [6.45, 7) is 0. The molecule has 3 aliphatic carbocycles. The highest BCUT2D eigenvalue weighted by molar-refractivity contribution is 5.13. The first-order valence-electron chi connectivity index (χ1n) is 5.75. The Kier molecular flexibility index (Phi) is 1.77. The van der Waals surface area contributed by atoms with Crippen LogP contribution in [0.15, 0.2) is 0 Å². The minimum atomic E-state index is -0.527. The van der Waals surface area contributed by atoms with Crippen LogP contribution < -0.4 is 5.73 Å². The quantitative estimate of drug-likeness (QED) is 0.521. The molecule has 4 N–H and O–H groups in total. The monoisotopic (exact) mass is 197 g/mol. The lowest BCUT2D eigenvalue weighted by Gasteiger charge is -2.39. The van der Waals surface area contributed by atoms with Crippen molar-refractivity contribution in [3.63, 3.8) is 0 Å². The molecule has 3 aliphatic rings. The molecule has 0 aliphatic heterocycles. The molecule has 3 nitrogen and oxygen atoms in total. The van der Waals surface area contributed by atoms with E-state index in [9.17, 15) is 10.2 Å². The second kappa shape index (κ2) is 2.71. The van der Waals surface area contributed by atoms with E-state index in [1.165, 1.54) is 19.3 Å². The van der Waals surface area contributed by atoms with Crippen molar-refractivity contribution < 1.29 is 10.2 Å². The Morgan fingerprint density at radius 1 is 1.07 bits per heavy atom. The minimum absolute atomic E-state index is 0.0851. The van der Waals surface area contributed by atoms with Gasteiger partial charge in [-0.05, 0) is 49.4 Å². The Balaban J connectivity index is 1.91. The summed E-state index contributed by atoms with van der Waals surface area (Å²) in [6, 6.07) is 0.230. The topological polar surface area (TPSA) is 66.5 Å². The lowest BCUT2D eigenvalue weighted by atomic mass is 9.69. The Bertz CT molecular complexity index is 242. The maximum atomic E-state index is 9.66. The predicted octanol–water partition coefficient (Wildman–Crippen LogP) is 0.246. The van der Waals surface area contributed by atoms with Gasteiger partial charge in [-0.2, -0.15) is 0 Å². The van der Waals surface area contributed by atoms with Crippen molar-refractivity contribution in [2.24, 2.45) is 23.0 Å². The molecule has 0 saturated heterocycles. The second-order valence-electron chi connectivity index (χ2n) is 5.57. The predicted molar refractivity (Wildman–Crippen MR) is 52.5 cm³/mol. The van der Waals surface area contributed by atoms with Gasteiger partial charge in [-0.25, -0.2) is 0 Å². The second-order valence-corrected chi connectivity index (χ2v) is 5.57. The van der Waals surface area contributed by atoms with Crippen molar-refractivity contribution in [2.45, 2.75) is 50.4 Å². The summed E-state index contributed by atoms with van der Waals surface area (Å²) in [7, 11) is 0. The first kappa shape index (κ1) is 9.13. The van der Waals surface area contributed by atoms with Crippen molar-refractivity contribution in [1.29, 1.82) is 0 Å². The molecule has 3 heteroatoms. The first-order valence-corrected chi connectivity index (χ1v) is 5.75. The van der Waals surface area contributed by atoms with E-state index in [0.29, 0.717) is 11.8 Å². The Labute approximate surface area is 84.3 Å². The fourth-order valence-electron chi connectivity index (χ4n) is 4.35. The van der Waals surface area contributed by atoms with Crippen LogP contribution in [0.4, 0.5) is 0 Å². The smallest absolute Gasteiger partial charge is 0.0805 e. The van der Waals surface area contributed by atoms with Gasteiger partial charge in [0.25, 0.3) is 0 Å². The van der Waals surface area contributed by atoms with Gasteiger partial charge in [0.2, 0.25) is 0 Å². The minimum Gasteiger partial charge on any atom is -0.390 e. The van der Waals surface area contributed by atoms with Crippen LogP contribution in [0.5, 0.6) is 0 Å². The molecule has 1 spiro atoms. The lowest BCUT2D eigenvalue weighted by Crippen LogP contribution is -2.45. The fourth-order valence-corrected chi connectivity index (χ4v) is 4.35. The van der Waals surface area contributed by atoms with E-state index in [2.05, 4.69) is 0 Å². The van der Waals surface area contributed by atoms with E-state index in [0.717, 1.165) is 12.8 Å². The SMILES string of the molecule is N[C@H]1C2CCC(C2)C12CC(O)[C@@H](O)C2. The standard InChI is InChI=1S/C11H19NO2/c12-10-6-1-2-7(3-6)11(10)4-8(13)9(14)5-11/h6-10,13-14H,1-5,12H2/t6?,7?,8-,9?,10-,11?/m0/s1. The Hall–Kier alpha value is -0.120. The molecular weight excluding hydrogens is 178 g/mol. The van der Waals surface area contributed by atoms with Crippen LogP contribution >= 0.6 is 0 Å². The molecule has 3 saturated carbocycles. The normalized spacial score (nSPS) is 61.5. The van der Waals surface area contributed by atoms with Crippen LogP contribution in [-0.2, 0) is 0 Å². The van der Waals surface area contributed by atoms with Gasteiger partial charge in [0, 0.05) is 6.04 Å². The molecule has 0 aromatic rings. The van der Waals surface area contributed by atoms with Gasteiger partial charge in [0.15, 0.2) is 0 Å². The molecule has 0 radical (unpaired) electrons. The summed E-state index contributed by atoms with van der Waals surface area (Å²) in [5.41, 5.74) is 6.35. The van der Waals surface area contributed by atoms with Crippen molar-refractivity contribution in [3.05, 3.63) is 0 Å². The summed E-state index contributed by atoms with van der Waals surface area (Å²) >= 11 is 0. The molecule has 3 rings (SSSR count). The average Bonchev–Trinajstić information content (AvgIpc) is 2.76. The summed E-state index contributed by atoms with van der Waals surface area (Å²) in [6.07, 6.45) is 4.17. The van der Waals surface area contributed by atoms with Gasteiger partial charge >= 0.3 is 0 Å². The molecule has 6 atom stereocenters. The molecule has 2 bridgehead atoms. The van der Waals surface area contributed by atoms with E-state index in [1.54, 1.807) is 0 Å². The zero-order chi connectivity index (χ0) is 9.92. The number of nitrogens with two attached hydrogens (primary N) is 1. The molecule has 0 aromatic carbocycles. The summed E-state index contributed by atoms with van der Waals surface area (Å²) in [4.78, 5) is 0. The number of rotatable bonds is 0. The molecule has 0 amide bonds. The molecule has 3 fully saturated rings. The van der Waals surface area contributed by atoms with Crippen LogP contribution in [0.3, 0.4) is 0 Å². The Morgan fingerprint density at radius 2 is 1.71 bits per heavy atom. The number of hydrogen-bond donors (Lipinski definition) is 3. The first-order chi connectivity index (χ1) is 6.63. The summed E-state index contributed by atoms with van der Waals surface area (Å²) < 4.78 is 0. The zero-order valence-corrected chi connectivity index (χ0v) is 8.39. The largest absolute Gasteiger partial charge is 0.390 e. The third-order valence-corrected chi connectivity index (χ3v) is 5.08. The van der Waals surface area contributed by atoms with Crippen molar-refractivity contribution in [3.8, 4) is 0 Å². The highest BCUT2D eigenvalue weighted by atomic mass is 16.3. The molecule has 0 aromatic heterocycles. The van der Waals surface area contributed by atoms with Gasteiger partial charge in [0.05, 0.1) is 12.2 Å². The highest BCUT2D eigenvalue weighted by Gasteiger charge is 2.60. The van der Waals surface area contributed by atoms with Crippen LogP contribution in [0.1, 0.15) is 32.1 Å². The van der Waals surface area contributed by atoms with E-state index < -0.39 is 12.2 Å². The van der Waals surface area contributed by atoms with Crippen molar-refractivity contribution in [2.75, 3.05) is 0 Å². The Morgan fingerprint density at radius 3 is 2.21 bits per heavy atom. The summed E-state index contributed by atoms with van der Waals surface area (Å²) in [5, 5.41) is 19.3. The van der Waals surface area contributed by atoms with Crippen molar-refractivity contribution >= 4 is 0 Å². The molecule has 4 unspecified atom stereocenters. The van der Waals surface area contributed by atoms with E-state index >= 15 is 0 Å². The van der Waals surface area contributed by atoms with E-state index in [4.69, 9.17) is 5.73 Å². The summed E-state index contributed by atoms with van der Waals surface area (Å²) in [5.74, 6) is 1.34. The van der Waals surface area contributed by atoms with Crippen LogP contribution in [0.25, 0.3) is 0 Å². The molecule has 0 heterocycles. The van der Waals surface area contributed by atoms with E-state index in [-0.39, 0.29) is 11.5 Å². The number of fused-ring (bicyclic) bond motifs is 3. The van der Waals surface area contributed by atoms with E-state index in [1.807, 2.05) is 0 Å². The molecular formula is C11H19NO2. The third kappa shape index (κ3) is 0.930. The fraction of sp³-hybridized carbons (Fsp3) is 1.00. The highest BCUT2D eigenvalue weighted by Crippen LogP contribution is 2.61. The third-order valence-electron chi connectivity index (χ3n) is 5.08. The van der Waals surface area contributed by atoms with Gasteiger partial charge < -0.3 is 15.9 Å². The average molecular weight is 197 g/mol. The molecule has 80 valence electrons. The number of aliphatic hydroxyl groups is 2. The zero-order valence-electron chi connectivity index (χ0n) is 8.39. The maximum absolute atomic E-state index is 9.66. The van der Waals surface area contributed by atoms with Gasteiger partial charge in [-0.3, -0.25) is 0 Å². The van der Waals surface area contributed by atoms with Gasteiger partial charge in [0.1, 0.15) is 0 Å². The van der Waals surface area contributed by atoms with Crippen molar-refractivity contribution in [1.82, 2.24) is 0 Å². The lowest BCUT2D eigenvalue weighted by molar-refractivity contribution is 0.0438. The molecule has 14 heavy (non-hydrogen) atoms. The van der Waals surface area contributed by atoms with Gasteiger partial charge in [-0.1, -0.05) is 0 Å². The maximum Gasteiger partial charge on any atom is 0.0805 e. The van der Waals surface area contributed by atoms with Crippen LogP contribution in [0, 0.1) is 17.3 Å². The van der Waals surface area contributed by atoms with Crippen LogP contribution in [0.2, 0.25) is 0 Å². The van der Waals surface area contributed by atoms with Gasteiger partial charge in [-0.15, -0.1) is 0 Å². The van der Waals surface area contributed by atoms with Crippen LogP contribution in [-0.4, -0.2) is 28.5 Å². The number of hydrogen-bond acceptors (Lipinski definition) is 3. The number of aliphatic hydroxyl groups excluding tert-OH is 2.